The largest absolute Gasteiger partial charge is 0.479 e. The summed E-state index contributed by atoms with van der Waals surface area (Å²) in [6.07, 6.45) is 4.48. The number of nitriles is 1. The molecule has 0 atom stereocenters. The van der Waals surface area contributed by atoms with Gasteiger partial charge in [0.15, 0.2) is 0 Å². The van der Waals surface area contributed by atoms with Gasteiger partial charge < -0.3 is 9.72 Å². The van der Waals surface area contributed by atoms with Gasteiger partial charge >= 0.3 is 0 Å². The highest BCUT2D eigenvalue weighted by molar-refractivity contribution is 5.64. The van der Waals surface area contributed by atoms with Gasteiger partial charge in [0.2, 0.25) is 5.88 Å². The molecule has 6 heteroatoms. The predicted octanol–water partition coefficient (Wildman–Crippen LogP) is 0.712. The Labute approximate surface area is 96.5 Å². The maximum absolute atomic E-state index is 11.2. The molecule has 0 fully saturated rings. The molecule has 17 heavy (non-hydrogen) atoms. The van der Waals surface area contributed by atoms with E-state index in [9.17, 15) is 4.79 Å². The Morgan fingerprint density at radius 1 is 1.41 bits per heavy atom. The standard InChI is InChI=1S/C11H8N4O2/c1-17-11-9(13-2-3-14-11)8-4-7(5-12)10(16)15-6-8/h2-4,6H,1H3,(H,15,16). The summed E-state index contributed by atoms with van der Waals surface area (Å²) in [5.74, 6) is 0.337. The topological polar surface area (TPSA) is 91.7 Å². The lowest BCUT2D eigenvalue weighted by molar-refractivity contribution is 0.397. The van der Waals surface area contributed by atoms with Crippen LogP contribution in [0.15, 0.2) is 29.5 Å². The quantitative estimate of drug-likeness (QED) is 0.817. The molecule has 1 N–H and O–H groups in total. The van der Waals surface area contributed by atoms with E-state index >= 15 is 0 Å². The molecule has 0 spiro atoms. The molecule has 0 aliphatic rings. The van der Waals surface area contributed by atoms with E-state index in [4.69, 9.17) is 10.00 Å². The van der Waals surface area contributed by atoms with E-state index in [1.807, 2.05) is 6.07 Å². The molecule has 0 saturated carbocycles. The third-order valence-corrected chi connectivity index (χ3v) is 2.16. The third kappa shape index (κ3) is 1.99. The third-order valence-electron chi connectivity index (χ3n) is 2.16. The van der Waals surface area contributed by atoms with Crippen molar-refractivity contribution in [1.82, 2.24) is 15.0 Å². The Bertz CT molecular complexity index is 642. The lowest BCUT2D eigenvalue weighted by Gasteiger charge is -2.05. The van der Waals surface area contributed by atoms with Crippen LogP contribution in [-0.2, 0) is 0 Å². The fourth-order valence-electron chi connectivity index (χ4n) is 1.38. The number of H-pyrrole nitrogens is 1. The van der Waals surface area contributed by atoms with E-state index in [2.05, 4.69) is 15.0 Å². The first-order valence-electron chi connectivity index (χ1n) is 4.74. The molecule has 2 aromatic heterocycles. The first-order valence-corrected chi connectivity index (χ1v) is 4.74. The van der Waals surface area contributed by atoms with Crippen LogP contribution in [0.4, 0.5) is 0 Å². The van der Waals surface area contributed by atoms with Gasteiger partial charge in [0, 0.05) is 24.2 Å². The van der Waals surface area contributed by atoms with Crippen LogP contribution < -0.4 is 10.3 Å². The lowest BCUT2D eigenvalue weighted by Crippen LogP contribution is -2.09. The van der Waals surface area contributed by atoms with Gasteiger partial charge in [0.1, 0.15) is 17.3 Å². The maximum Gasteiger partial charge on any atom is 0.265 e. The van der Waals surface area contributed by atoms with Gasteiger partial charge in [-0.05, 0) is 6.07 Å². The van der Waals surface area contributed by atoms with Gasteiger partial charge in [-0.2, -0.15) is 5.26 Å². The highest BCUT2D eigenvalue weighted by atomic mass is 16.5. The van der Waals surface area contributed by atoms with Gasteiger partial charge in [-0.1, -0.05) is 0 Å². The molecule has 0 bridgehead atoms. The minimum absolute atomic E-state index is 0.0233. The molecule has 2 heterocycles. The number of nitrogens with zero attached hydrogens (tertiary/aromatic N) is 3. The smallest absolute Gasteiger partial charge is 0.265 e. The normalized spacial score (nSPS) is 9.65. The van der Waals surface area contributed by atoms with Crippen molar-refractivity contribution >= 4 is 0 Å². The van der Waals surface area contributed by atoms with Gasteiger partial charge in [0.25, 0.3) is 5.56 Å². The van der Waals surface area contributed by atoms with Crippen molar-refractivity contribution in [1.29, 1.82) is 5.26 Å². The van der Waals surface area contributed by atoms with Crippen molar-refractivity contribution in [3.63, 3.8) is 0 Å². The molecule has 0 saturated heterocycles. The van der Waals surface area contributed by atoms with Crippen molar-refractivity contribution in [2.45, 2.75) is 0 Å². The van der Waals surface area contributed by atoms with Crippen LogP contribution in [0.3, 0.4) is 0 Å². The molecule has 0 aromatic carbocycles. The minimum Gasteiger partial charge on any atom is -0.479 e. The van der Waals surface area contributed by atoms with Gasteiger partial charge in [-0.15, -0.1) is 0 Å². The van der Waals surface area contributed by atoms with Crippen molar-refractivity contribution in [3.8, 4) is 23.2 Å². The van der Waals surface area contributed by atoms with Crippen LogP contribution in [-0.4, -0.2) is 22.1 Å². The number of ether oxygens (including phenoxy) is 1. The Morgan fingerprint density at radius 3 is 2.88 bits per heavy atom. The van der Waals surface area contributed by atoms with E-state index in [-0.39, 0.29) is 5.56 Å². The Hall–Kier alpha value is -2.68. The predicted molar refractivity (Wildman–Crippen MR) is 59.4 cm³/mol. The molecule has 84 valence electrons. The van der Waals surface area contributed by atoms with E-state index in [0.717, 1.165) is 0 Å². The Morgan fingerprint density at radius 2 is 2.18 bits per heavy atom. The summed E-state index contributed by atoms with van der Waals surface area (Å²) < 4.78 is 5.05. The summed E-state index contributed by atoms with van der Waals surface area (Å²) in [4.78, 5) is 21.8. The molecule has 0 radical (unpaired) electrons. The molecule has 2 aromatic rings. The van der Waals surface area contributed by atoms with Crippen LogP contribution >= 0.6 is 0 Å². The molecule has 0 amide bonds. The molecule has 0 aliphatic heterocycles. The van der Waals surface area contributed by atoms with E-state index in [1.165, 1.54) is 31.8 Å². The van der Waals surface area contributed by atoms with Crippen LogP contribution in [0.25, 0.3) is 11.3 Å². The zero-order valence-electron chi connectivity index (χ0n) is 8.97. The van der Waals surface area contributed by atoms with E-state index < -0.39 is 5.56 Å². The molecule has 0 unspecified atom stereocenters. The fourth-order valence-corrected chi connectivity index (χ4v) is 1.38. The van der Waals surface area contributed by atoms with Crippen LogP contribution in [0.5, 0.6) is 5.88 Å². The van der Waals surface area contributed by atoms with Gasteiger partial charge in [-0.3, -0.25) is 4.79 Å². The second-order valence-electron chi connectivity index (χ2n) is 3.16. The lowest BCUT2D eigenvalue weighted by atomic mass is 10.1. The highest BCUT2D eigenvalue weighted by Crippen LogP contribution is 2.23. The van der Waals surface area contributed by atoms with Crippen molar-refractivity contribution in [2.24, 2.45) is 0 Å². The summed E-state index contributed by atoms with van der Waals surface area (Å²) in [5.41, 5.74) is 0.642. The van der Waals surface area contributed by atoms with Crippen LogP contribution in [0.2, 0.25) is 0 Å². The summed E-state index contributed by atoms with van der Waals surface area (Å²) in [6.45, 7) is 0. The van der Waals surface area contributed by atoms with Gasteiger partial charge in [-0.25, -0.2) is 9.97 Å². The Kier molecular flexibility index (Phi) is 2.83. The second kappa shape index (κ2) is 4.45. The Balaban J connectivity index is 2.62. The number of pyridine rings is 1. The summed E-state index contributed by atoms with van der Waals surface area (Å²) >= 11 is 0. The summed E-state index contributed by atoms with van der Waals surface area (Å²) in [7, 11) is 1.48. The van der Waals surface area contributed by atoms with Crippen molar-refractivity contribution in [2.75, 3.05) is 7.11 Å². The number of aromatic nitrogens is 3. The molecular weight excluding hydrogens is 220 g/mol. The number of hydrogen-bond acceptors (Lipinski definition) is 5. The van der Waals surface area contributed by atoms with E-state index in [1.54, 1.807) is 0 Å². The molecular formula is C11H8N4O2. The van der Waals surface area contributed by atoms with Gasteiger partial charge in [0.05, 0.1) is 7.11 Å². The van der Waals surface area contributed by atoms with Crippen molar-refractivity contribution < 1.29 is 4.74 Å². The van der Waals surface area contributed by atoms with Crippen molar-refractivity contribution in [3.05, 3.63) is 40.6 Å². The number of hydrogen-bond donors (Lipinski definition) is 1. The first kappa shape index (κ1) is 10.8. The molecule has 2 rings (SSSR count). The summed E-state index contributed by atoms with van der Waals surface area (Å²) in [5, 5.41) is 8.78. The van der Waals surface area contributed by atoms with Crippen LogP contribution in [0, 0.1) is 11.3 Å². The zero-order valence-corrected chi connectivity index (χ0v) is 8.97. The fraction of sp³-hybridized carbons (Fsp3) is 0.0909. The summed E-state index contributed by atoms with van der Waals surface area (Å²) in [6, 6.07) is 3.26. The SMILES string of the molecule is COc1nccnc1-c1c[nH]c(=O)c(C#N)c1. The first-order chi connectivity index (χ1) is 8.26. The number of aromatic amines is 1. The maximum atomic E-state index is 11.2. The van der Waals surface area contributed by atoms with Crippen LogP contribution in [0.1, 0.15) is 5.56 Å². The average molecular weight is 228 g/mol. The zero-order chi connectivity index (χ0) is 12.3. The number of rotatable bonds is 2. The van der Waals surface area contributed by atoms with E-state index in [0.29, 0.717) is 17.1 Å². The monoisotopic (exact) mass is 228 g/mol. The number of methoxy groups -OCH3 is 1. The minimum atomic E-state index is -0.431. The molecule has 0 aliphatic carbocycles. The second-order valence-corrected chi connectivity index (χ2v) is 3.16. The highest BCUT2D eigenvalue weighted by Gasteiger charge is 2.10. The molecule has 6 nitrogen and oxygen atoms in total. The average Bonchev–Trinajstić information content (AvgIpc) is 2.39. The number of nitrogens with one attached hydrogen (secondary N) is 1.